The van der Waals surface area contributed by atoms with Crippen LogP contribution >= 0.6 is 0 Å². The van der Waals surface area contributed by atoms with Gasteiger partial charge in [-0.3, -0.25) is 9.59 Å². The fourth-order valence-corrected chi connectivity index (χ4v) is 8.30. The van der Waals surface area contributed by atoms with Crippen molar-refractivity contribution in [2.75, 3.05) is 6.61 Å². The maximum atomic E-state index is 13.2. The molecule has 3 N–H and O–H groups in total. The van der Waals surface area contributed by atoms with E-state index in [1.165, 1.54) is 167 Å². The van der Waals surface area contributed by atoms with E-state index in [1.54, 1.807) is 0 Å². The SMILES string of the molecule is CCCCC/C=C/C=C/CCCCCCCCC(=O)OC(CCCCC/C=C/CCCCCCCCCCC)CC(=O)NC(CO)C(O)CCCCCCCCCCCCCC. The first kappa shape index (κ1) is 60.1. The number of hydrogen-bond acceptors (Lipinski definition) is 5. The molecule has 0 aliphatic carbocycles. The second kappa shape index (κ2) is 50.1. The van der Waals surface area contributed by atoms with Crippen LogP contribution in [-0.4, -0.2) is 46.9 Å². The Labute approximate surface area is 385 Å². The largest absolute Gasteiger partial charge is 0.462 e. The molecule has 6 nitrogen and oxygen atoms in total. The van der Waals surface area contributed by atoms with Gasteiger partial charge in [-0.1, -0.05) is 231 Å². The van der Waals surface area contributed by atoms with Gasteiger partial charge in [-0.2, -0.15) is 0 Å². The molecule has 0 aromatic heterocycles. The van der Waals surface area contributed by atoms with Crippen molar-refractivity contribution in [2.24, 2.45) is 0 Å². The zero-order valence-corrected chi connectivity index (χ0v) is 41.5. The van der Waals surface area contributed by atoms with Gasteiger partial charge in [-0.05, 0) is 77.0 Å². The summed E-state index contributed by atoms with van der Waals surface area (Å²) in [6.45, 7) is 6.46. The van der Waals surface area contributed by atoms with Gasteiger partial charge in [-0.25, -0.2) is 0 Å². The summed E-state index contributed by atoms with van der Waals surface area (Å²) >= 11 is 0. The number of aliphatic hydroxyl groups excluding tert-OH is 2. The molecule has 3 atom stereocenters. The highest BCUT2D eigenvalue weighted by molar-refractivity contribution is 5.77. The molecule has 0 saturated carbocycles. The number of aliphatic hydroxyl groups is 2. The summed E-state index contributed by atoms with van der Waals surface area (Å²) in [5, 5.41) is 23.8. The second-order valence-corrected chi connectivity index (χ2v) is 18.7. The molecule has 0 rings (SSSR count). The highest BCUT2D eigenvalue weighted by Crippen LogP contribution is 2.18. The van der Waals surface area contributed by atoms with Gasteiger partial charge < -0.3 is 20.3 Å². The van der Waals surface area contributed by atoms with Gasteiger partial charge in [0.1, 0.15) is 6.10 Å². The summed E-state index contributed by atoms with van der Waals surface area (Å²) in [4.78, 5) is 26.2. The van der Waals surface area contributed by atoms with Crippen molar-refractivity contribution in [3.8, 4) is 0 Å². The van der Waals surface area contributed by atoms with Crippen molar-refractivity contribution in [1.82, 2.24) is 5.32 Å². The molecule has 0 aliphatic heterocycles. The molecule has 0 aliphatic rings. The van der Waals surface area contributed by atoms with Gasteiger partial charge in [0.05, 0.1) is 25.2 Å². The molecule has 0 heterocycles. The van der Waals surface area contributed by atoms with E-state index < -0.39 is 18.2 Å². The predicted molar refractivity (Wildman–Crippen MR) is 269 cm³/mol. The lowest BCUT2D eigenvalue weighted by Crippen LogP contribution is -2.46. The first-order chi connectivity index (χ1) is 30.5. The summed E-state index contributed by atoms with van der Waals surface area (Å²) < 4.78 is 5.94. The highest BCUT2D eigenvalue weighted by atomic mass is 16.5. The third kappa shape index (κ3) is 44.7. The first-order valence-corrected chi connectivity index (χ1v) is 27.2. The molecule has 0 spiro atoms. The van der Waals surface area contributed by atoms with Crippen molar-refractivity contribution in [3.05, 3.63) is 36.5 Å². The molecular weight excluding hydrogens is 767 g/mol. The summed E-state index contributed by atoms with van der Waals surface area (Å²) in [5.74, 6) is -0.492. The van der Waals surface area contributed by atoms with E-state index in [1.807, 2.05) is 0 Å². The maximum absolute atomic E-state index is 13.2. The topological polar surface area (TPSA) is 95.9 Å². The third-order valence-electron chi connectivity index (χ3n) is 12.5. The minimum Gasteiger partial charge on any atom is -0.462 e. The first-order valence-electron chi connectivity index (χ1n) is 27.2. The monoisotopic (exact) mass is 872 g/mol. The molecular formula is C56H105NO5. The minimum atomic E-state index is -0.792. The van der Waals surface area contributed by atoms with E-state index in [0.29, 0.717) is 19.3 Å². The fraction of sp³-hybridized carbons (Fsp3) is 0.857. The lowest BCUT2D eigenvalue weighted by atomic mass is 10.0. The molecule has 1 amide bonds. The molecule has 62 heavy (non-hydrogen) atoms. The van der Waals surface area contributed by atoms with Gasteiger partial charge in [0, 0.05) is 6.42 Å². The van der Waals surface area contributed by atoms with Gasteiger partial charge in [0.2, 0.25) is 5.91 Å². The van der Waals surface area contributed by atoms with E-state index in [9.17, 15) is 19.8 Å². The van der Waals surface area contributed by atoms with Gasteiger partial charge in [0.25, 0.3) is 0 Å². The number of nitrogens with one attached hydrogen (secondary N) is 1. The van der Waals surface area contributed by atoms with E-state index in [2.05, 4.69) is 62.5 Å². The summed E-state index contributed by atoms with van der Waals surface area (Å²) in [6, 6.07) is -0.706. The Morgan fingerprint density at radius 1 is 0.468 bits per heavy atom. The number of unbranched alkanes of at least 4 members (excludes halogenated alkanes) is 32. The Morgan fingerprint density at radius 2 is 0.823 bits per heavy atom. The van der Waals surface area contributed by atoms with E-state index >= 15 is 0 Å². The zero-order valence-electron chi connectivity index (χ0n) is 41.5. The van der Waals surface area contributed by atoms with Crippen LogP contribution < -0.4 is 5.32 Å². The predicted octanol–water partition coefficient (Wildman–Crippen LogP) is 16.5. The third-order valence-corrected chi connectivity index (χ3v) is 12.5. The fourth-order valence-electron chi connectivity index (χ4n) is 8.30. The number of ether oxygens (including phenoxy) is 1. The summed E-state index contributed by atoms with van der Waals surface area (Å²) in [7, 11) is 0. The average molecular weight is 872 g/mol. The molecule has 0 fully saturated rings. The van der Waals surface area contributed by atoms with Crippen LogP contribution in [0.5, 0.6) is 0 Å². The van der Waals surface area contributed by atoms with Crippen LogP contribution in [0.3, 0.4) is 0 Å². The number of hydrogen-bond donors (Lipinski definition) is 3. The molecule has 364 valence electrons. The van der Waals surface area contributed by atoms with E-state index in [4.69, 9.17) is 4.74 Å². The molecule has 0 saturated heterocycles. The van der Waals surface area contributed by atoms with E-state index in [-0.39, 0.29) is 24.9 Å². The molecule has 0 radical (unpaired) electrons. The van der Waals surface area contributed by atoms with E-state index in [0.717, 1.165) is 70.6 Å². The van der Waals surface area contributed by atoms with Crippen LogP contribution in [-0.2, 0) is 14.3 Å². The Hall–Kier alpha value is -1.92. The molecule has 0 aromatic carbocycles. The molecule has 3 unspecified atom stereocenters. The van der Waals surface area contributed by atoms with Gasteiger partial charge in [0.15, 0.2) is 0 Å². The number of carbonyl (C=O) groups is 2. The standard InChI is InChI=1S/C56H105NO5/c1-4-7-10-13-16-19-22-25-27-29-30-32-35-38-41-44-47-52(62-56(61)49-46-43-40-37-34-31-28-26-23-20-17-14-11-8-5-2)50-55(60)57-53(51-58)54(59)48-45-42-39-36-33-24-21-18-15-12-9-6-3/h17,20,23,26,30,32,52-54,58-59H,4-16,18-19,21-22,24-25,27-29,31,33-51H2,1-3H3,(H,57,60)/b20-17+,26-23+,32-30+. The number of rotatable bonds is 49. The van der Waals surface area contributed by atoms with Gasteiger partial charge >= 0.3 is 5.97 Å². The Kier molecular flexibility index (Phi) is 48.5. The second-order valence-electron chi connectivity index (χ2n) is 18.7. The Bertz CT molecular complexity index is 1020. The minimum absolute atomic E-state index is 0.0648. The smallest absolute Gasteiger partial charge is 0.306 e. The number of carbonyl (C=O) groups excluding carboxylic acids is 2. The Morgan fingerprint density at radius 3 is 1.29 bits per heavy atom. The maximum Gasteiger partial charge on any atom is 0.306 e. The van der Waals surface area contributed by atoms with Crippen LogP contribution in [0.4, 0.5) is 0 Å². The van der Waals surface area contributed by atoms with Crippen LogP contribution in [0.2, 0.25) is 0 Å². The van der Waals surface area contributed by atoms with Crippen molar-refractivity contribution < 1.29 is 24.5 Å². The molecule has 0 bridgehead atoms. The Balaban J connectivity index is 4.61. The molecule has 0 aromatic rings. The lowest BCUT2D eigenvalue weighted by molar-refractivity contribution is -0.151. The highest BCUT2D eigenvalue weighted by Gasteiger charge is 2.24. The van der Waals surface area contributed by atoms with Crippen LogP contribution in [0, 0.1) is 0 Å². The summed E-state index contributed by atoms with van der Waals surface area (Å²) in [5.41, 5.74) is 0. The number of allylic oxidation sites excluding steroid dienone is 6. The normalized spacial score (nSPS) is 13.4. The van der Waals surface area contributed by atoms with Crippen molar-refractivity contribution in [2.45, 2.75) is 302 Å². The quantitative estimate of drug-likeness (QED) is 0.0245. The summed E-state index contributed by atoms with van der Waals surface area (Å²) in [6.07, 6.45) is 59.2. The van der Waals surface area contributed by atoms with Crippen molar-refractivity contribution in [3.63, 3.8) is 0 Å². The number of amides is 1. The van der Waals surface area contributed by atoms with Crippen LogP contribution in [0.25, 0.3) is 0 Å². The lowest BCUT2D eigenvalue weighted by Gasteiger charge is -2.24. The van der Waals surface area contributed by atoms with Crippen molar-refractivity contribution >= 4 is 11.9 Å². The van der Waals surface area contributed by atoms with Crippen molar-refractivity contribution in [1.29, 1.82) is 0 Å². The van der Waals surface area contributed by atoms with Crippen LogP contribution in [0.1, 0.15) is 284 Å². The zero-order chi connectivity index (χ0) is 45.2. The average Bonchev–Trinajstić information content (AvgIpc) is 3.26. The van der Waals surface area contributed by atoms with Crippen LogP contribution in [0.15, 0.2) is 36.5 Å². The molecule has 6 heteroatoms. The number of esters is 1. The van der Waals surface area contributed by atoms with Gasteiger partial charge in [-0.15, -0.1) is 0 Å².